The van der Waals surface area contributed by atoms with Gasteiger partial charge in [-0.3, -0.25) is 0 Å². The Morgan fingerprint density at radius 1 is 1.42 bits per heavy atom. The Balaban J connectivity index is 2.00. The van der Waals surface area contributed by atoms with Crippen LogP contribution in [-0.4, -0.2) is 33.5 Å². The van der Waals surface area contributed by atoms with Crippen molar-refractivity contribution in [3.63, 3.8) is 0 Å². The summed E-state index contributed by atoms with van der Waals surface area (Å²) in [5, 5.41) is 3.32. The van der Waals surface area contributed by atoms with Crippen molar-refractivity contribution in [2.24, 2.45) is 5.92 Å². The Hall–Kier alpha value is -1.26. The zero-order valence-electron chi connectivity index (χ0n) is 11.8. The maximum absolute atomic E-state index is 5.96. The van der Waals surface area contributed by atoms with Gasteiger partial charge in [-0.25, -0.2) is 0 Å². The average Bonchev–Trinajstić information content (AvgIpc) is 2.96. The molecular formula is C15H23NO3. The van der Waals surface area contributed by atoms with Gasteiger partial charge in [0.25, 0.3) is 0 Å². The Morgan fingerprint density at radius 3 is 3.00 bits per heavy atom. The van der Waals surface area contributed by atoms with Gasteiger partial charge in [0, 0.05) is 30.7 Å². The standard InChI is InChI=1S/C15H23NO3/c1-3-16-9-13-4-5-14(17-2)8-15(13)19-11-12-6-7-18-10-12/h4-5,8,12,16H,3,6-7,9-11H2,1-2H3. The molecule has 1 aliphatic rings. The van der Waals surface area contributed by atoms with E-state index in [0.717, 1.165) is 44.2 Å². The molecule has 1 atom stereocenters. The van der Waals surface area contributed by atoms with Crippen LogP contribution >= 0.6 is 0 Å². The third-order valence-corrected chi connectivity index (χ3v) is 3.34. The molecule has 106 valence electrons. The van der Waals surface area contributed by atoms with Gasteiger partial charge >= 0.3 is 0 Å². The molecule has 1 aromatic rings. The number of methoxy groups -OCH3 is 1. The summed E-state index contributed by atoms with van der Waals surface area (Å²) < 4.78 is 16.6. The van der Waals surface area contributed by atoms with Gasteiger partial charge < -0.3 is 19.5 Å². The van der Waals surface area contributed by atoms with E-state index in [-0.39, 0.29) is 0 Å². The largest absolute Gasteiger partial charge is 0.497 e. The fourth-order valence-electron chi connectivity index (χ4n) is 2.12. The maximum Gasteiger partial charge on any atom is 0.127 e. The smallest absolute Gasteiger partial charge is 0.127 e. The third kappa shape index (κ3) is 4.11. The van der Waals surface area contributed by atoms with Gasteiger partial charge in [0.1, 0.15) is 11.5 Å². The summed E-state index contributed by atoms with van der Waals surface area (Å²) in [6.07, 6.45) is 1.09. The lowest BCUT2D eigenvalue weighted by Crippen LogP contribution is -2.15. The number of nitrogens with one attached hydrogen (secondary N) is 1. The van der Waals surface area contributed by atoms with Crippen LogP contribution in [0.1, 0.15) is 18.9 Å². The van der Waals surface area contributed by atoms with E-state index in [1.165, 1.54) is 5.56 Å². The minimum atomic E-state index is 0.512. The zero-order valence-corrected chi connectivity index (χ0v) is 11.8. The maximum atomic E-state index is 5.96. The molecule has 0 saturated carbocycles. The number of hydrogen-bond acceptors (Lipinski definition) is 4. The second-order valence-electron chi connectivity index (χ2n) is 4.79. The van der Waals surface area contributed by atoms with Crippen LogP contribution in [0.3, 0.4) is 0 Å². The number of rotatable bonds is 7. The SMILES string of the molecule is CCNCc1ccc(OC)cc1OCC1CCOC1. The van der Waals surface area contributed by atoms with Gasteiger partial charge in [0.2, 0.25) is 0 Å². The second-order valence-corrected chi connectivity index (χ2v) is 4.79. The summed E-state index contributed by atoms with van der Waals surface area (Å²) in [6, 6.07) is 5.99. The molecule has 0 spiro atoms. The van der Waals surface area contributed by atoms with E-state index in [9.17, 15) is 0 Å². The minimum Gasteiger partial charge on any atom is -0.497 e. The van der Waals surface area contributed by atoms with Crippen molar-refractivity contribution < 1.29 is 14.2 Å². The number of hydrogen-bond donors (Lipinski definition) is 1. The molecule has 1 aromatic carbocycles. The predicted octanol–water partition coefficient (Wildman–Crippen LogP) is 2.22. The lowest BCUT2D eigenvalue weighted by atomic mass is 10.1. The second kappa shape index (κ2) is 7.36. The van der Waals surface area contributed by atoms with Crippen LogP contribution in [-0.2, 0) is 11.3 Å². The lowest BCUT2D eigenvalue weighted by Gasteiger charge is -2.15. The highest BCUT2D eigenvalue weighted by atomic mass is 16.5. The molecule has 1 N–H and O–H groups in total. The first-order valence-electron chi connectivity index (χ1n) is 6.91. The fraction of sp³-hybridized carbons (Fsp3) is 0.600. The first-order valence-corrected chi connectivity index (χ1v) is 6.91. The average molecular weight is 265 g/mol. The van der Waals surface area contributed by atoms with Crippen LogP contribution in [0.25, 0.3) is 0 Å². The van der Waals surface area contributed by atoms with Crippen molar-refractivity contribution in [3.8, 4) is 11.5 Å². The molecule has 0 amide bonds. The van der Waals surface area contributed by atoms with Gasteiger partial charge in [0.15, 0.2) is 0 Å². The Kier molecular flexibility index (Phi) is 5.48. The molecule has 1 aliphatic heterocycles. The van der Waals surface area contributed by atoms with Gasteiger partial charge in [-0.1, -0.05) is 13.0 Å². The van der Waals surface area contributed by atoms with Crippen LogP contribution in [0.2, 0.25) is 0 Å². The van der Waals surface area contributed by atoms with E-state index in [4.69, 9.17) is 14.2 Å². The van der Waals surface area contributed by atoms with Gasteiger partial charge in [-0.2, -0.15) is 0 Å². The van der Waals surface area contributed by atoms with Crippen LogP contribution < -0.4 is 14.8 Å². The molecule has 0 radical (unpaired) electrons. The molecule has 0 aromatic heterocycles. The summed E-state index contributed by atoms with van der Waals surface area (Å²) in [6.45, 7) is 6.24. The predicted molar refractivity (Wildman–Crippen MR) is 74.8 cm³/mol. The zero-order chi connectivity index (χ0) is 13.5. The summed E-state index contributed by atoms with van der Waals surface area (Å²) in [7, 11) is 1.67. The molecule has 4 heteroatoms. The van der Waals surface area contributed by atoms with Crippen LogP contribution in [0.4, 0.5) is 0 Å². The normalized spacial score (nSPS) is 18.5. The first-order chi connectivity index (χ1) is 9.33. The van der Waals surface area contributed by atoms with Crippen LogP contribution in [0.5, 0.6) is 11.5 Å². The van der Waals surface area contributed by atoms with Crippen molar-refractivity contribution in [2.45, 2.75) is 19.9 Å². The van der Waals surface area contributed by atoms with E-state index in [1.54, 1.807) is 7.11 Å². The summed E-state index contributed by atoms with van der Waals surface area (Å²) in [4.78, 5) is 0. The van der Waals surface area contributed by atoms with Crippen LogP contribution in [0.15, 0.2) is 18.2 Å². The Bertz CT molecular complexity index is 389. The van der Waals surface area contributed by atoms with Crippen molar-refractivity contribution in [2.75, 3.05) is 33.5 Å². The van der Waals surface area contributed by atoms with E-state index in [1.807, 2.05) is 12.1 Å². The molecule has 1 fully saturated rings. The van der Waals surface area contributed by atoms with Gasteiger partial charge in [-0.15, -0.1) is 0 Å². The van der Waals surface area contributed by atoms with E-state index >= 15 is 0 Å². The molecule has 0 bridgehead atoms. The van der Waals surface area contributed by atoms with E-state index < -0.39 is 0 Å². The molecule has 1 heterocycles. The first kappa shape index (κ1) is 14.2. The van der Waals surface area contributed by atoms with Crippen molar-refractivity contribution in [1.82, 2.24) is 5.32 Å². The molecular weight excluding hydrogens is 242 g/mol. The van der Waals surface area contributed by atoms with Crippen molar-refractivity contribution in [3.05, 3.63) is 23.8 Å². The summed E-state index contributed by atoms with van der Waals surface area (Å²) >= 11 is 0. The van der Waals surface area contributed by atoms with E-state index in [2.05, 4.69) is 18.3 Å². The number of ether oxygens (including phenoxy) is 3. The van der Waals surface area contributed by atoms with Crippen molar-refractivity contribution in [1.29, 1.82) is 0 Å². The Morgan fingerprint density at radius 2 is 2.32 bits per heavy atom. The van der Waals surface area contributed by atoms with Gasteiger partial charge in [-0.05, 0) is 19.0 Å². The minimum absolute atomic E-state index is 0.512. The van der Waals surface area contributed by atoms with E-state index in [0.29, 0.717) is 12.5 Å². The molecule has 1 unspecified atom stereocenters. The van der Waals surface area contributed by atoms with Crippen molar-refractivity contribution >= 4 is 0 Å². The molecule has 2 rings (SSSR count). The summed E-state index contributed by atoms with van der Waals surface area (Å²) in [5.41, 5.74) is 1.17. The topological polar surface area (TPSA) is 39.7 Å². The fourth-order valence-corrected chi connectivity index (χ4v) is 2.12. The third-order valence-electron chi connectivity index (χ3n) is 3.34. The molecule has 19 heavy (non-hydrogen) atoms. The highest BCUT2D eigenvalue weighted by molar-refractivity contribution is 5.40. The monoisotopic (exact) mass is 265 g/mol. The molecule has 1 saturated heterocycles. The molecule has 0 aliphatic carbocycles. The number of benzene rings is 1. The van der Waals surface area contributed by atoms with Crippen LogP contribution in [0, 0.1) is 5.92 Å². The lowest BCUT2D eigenvalue weighted by molar-refractivity contribution is 0.166. The quantitative estimate of drug-likeness (QED) is 0.820. The highest BCUT2D eigenvalue weighted by Gasteiger charge is 2.17. The summed E-state index contributed by atoms with van der Waals surface area (Å²) in [5.74, 6) is 2.25. The highest BCUT2D eigenvalue weighted by Crippen LogP contribution is 2.26. The molecule has 4 nitrogen and oxygen atoms in total. The Labute approximate surface area is 115 Å². The van der Waals surface area contributed by atoms with Gasteiger partial charge in [0.05, 0.1) is 20.3 Å².